The van der Waals surface area contributed by atoms with Gasteiger partial charge in [-0.15, -0.1) is 0 Å². The quantitative estimate of drug-likeness (QED) is 0.617. The normalized spacial score (nSPS) is 10.7. The van der Waals surface area contributed by atoms with Crippen LogP contribution in [0.25, 0.3) is 6.08 Å². The van der Waals surface area contributed by atoms with Crippen molar-refractivity contribution < 1.29 is 14.7 Å². The fourth-order valence-electron chi connectivity index (χ4n) is 1.22. The molecule has 0 radical (unpaired) electrons. The van der Waals surface area contributed by atoms with Crippen LogP contribution in [-0.4, -0.2) is 34.9 Å². The van der Waals surface area contributed by atoms with E-state index < -0.39 is 11.8 Å². The van der Waals surface area contributed by atoms with Crippen molar-refractivity contribution in [2.24, 2.45) is 0 Å². The molecule has 0 aliphatic heterocycles. The van der Waals surface area contributed by atoms with Crippen molar-refractivity contribution in [2.75, 3.05) is 18.0 Å². The first-order valence-electron chi connectivity index (χ1n) is 5.24. The summed E-state index contributed by atoms with van der Waals surface area (Å²) in [6.07, 6.45) is 4.15. The van der Waals surface area contributed by atoms with E-state index in [1.807, 2.05) is 13.8 Å². The Morgan fingerprint density at radius 1 is 1.47 bits per heavy atom. The lowest BCUT2D eigenvalue weighted by Crippen LogP contribution is -2.21. The van der Waals surface area contributed by atoms with Crippen LogP contribution in [0.2, 0.25) is 0 Å². The molecule has 0 spiro atoms. The number of carboxylic acid groups (broad SMARTS) is 1. The predicted molar refractivity (Wildman–Crippen MR) is 67.4 cm³/mol. The second kappa shape index (κ2) is 6.15. The first-order chi connectivity index (χ1) is 8.08. The molecule has 6 heteroatoms. The number of carbonyl (C=O) groups is 2. The third kappa shape index (κ3) is 3.67. The molecule has 0 aliphatic rings. The fourth-order valence-corrected chi connectivity index (χ4v) is 2.17. The highest BCUT2D eigenvalue weighted by atomic mass is 32.1. The van der Waals surface area contributed by atoms with Crippen LogP contribution in [0.4, 0.5) is 5.13 Å². The summed E-state index contributed by atoms with van der Waals surface area (Å²) in [6.45, 7) is 5.80. The number of aromatic nitrogens is 1. The molecule has 1 aromatic rings. The van der Waals surface area contributed by atoms with E-state index in [0.717, 1.165) is 29.2 Å². The first kappa shape index (κ1) is 13.4. The van der Waals surface area contributed by atoms with Gasteiger partial charge in [-0.05, 0) is 26.0 Å². The number of thiazole rings is 1. The van der Waals surface area contributed by atoms with Crippen LogP contribution in [0.5, 0.6) is 0 Å². The van der Waals surface area contributed by atoms with Crippen molar-refractivity contribution in [3.05, 3.63) is 17.2 Å². The summed E-state index contributed by atoms with van der Waals surface area (Å²) in [5.41, 5.74) is 0. The lowest BCUT2D eigenvalue weighted by molar-refractivity contribution is -0.146. The zero-order valence-electron chi connectivity index (χ0n) is 9.71. The Balaban J connectivity index is 2.75. The molecule has 0 fully saturated rings. The Kier molecular flexibility index (Phi) is 4.84. The Morgan fingerprint density at radius 3 is 2.65 bits per heavy atom. The van der Waals surface area contributed by atoms with Crippen LogP contribution >= 0.6 is 11.3 Å². The van der Waals surface area contributed by atoms with Crippen LogP contribution in [0.15, 0.2) is 12.3 Å². The highest BCUT2D eigenvalue weighted by Crippen LogP contribution is 2.23. The molecule has 0 bridgehead atoms. The third-order valence-corrected chi connectivity index (χ3v) is 3.18. The molecule has 0 unspecified atom stereocenters. The minimum absolute atomic E-state index is 0.765. The van der Waals surface area contributed by atoms with Crippen LogP contribution < -0.4 is 4.90 Å². The number of aliphatic carboxylic acids is 1. The minimum atomic E-state index is -1.45. The van der Waals surface area contributed by atoms with Crippen molar-refractivity contribution in [2.45, 2.75) is 13.8 Å². The van der Waals surface area contributed by atoms with E-state index in [9.17, 15) is 9.59 Å². The van der Waals surface area contributed by atoms with E-state index in [4.69, 9.17) is 5.11 Å². The molecule has 0 saturated heterocycles. The van der Waals surface area contributed by atoms with Gasteiger partial charge in [-0.2, -0.15) is 0 Å². The van der Waals surface area contributed by atoms with E-state index in [1.165, 1.54) is 17.4 Å². The number of hydrogen-bond acceptors (Lipinski definition) is 5. The SMILES string of the molecule is CCN(CC)c1ncc(/C=C/C(=O)C(=O)O)s1. The van der Waals surface area contributed by atoms with Gasteiger partial charge in [0.2, 0.25) is 0 Å². The molecular weight excluding hydrogens is 240 g/mol. The van der Waals surface area contributed by atoms with E-state index in [0.29, 0.717) is 0 Å². The summed E-state index contributed by atoms with van der Waals surface area (Å²) < 4.78 is 0. The first-order valence-corrected chi connectivity index (χ1v) is 6.06. The van der Waals surface area contributed by atoms with Crippen LogP contribution in [0.1, 0.15) is 18.7 Å². The van der Waals surface area contributed by atoms with E-state index in [-0.39, 0.29) is 0 Å². The largest absolute Gasteiger partial charge is 0.475 e. The van der Waals surface area contributed by atoms with Crippen molar-refractivity contribution >= 4 is 34.3 Å². The van der Waals surface area contributed by atoms with Gasteiger partial charge in [-0.3, -0.25) is 4.79 Å². The van der Waals surface area contributed by atoms with Gasteiger partial charge in [0.1, 0.15) is 0 Å². The van der Waals surface area contributed by atoms with Gasteiger partial charge in [0.15, 0.2) is 5.13 Å². The van der Waals surface area contributed by atoms with Crippen molar-refractivity contribution in [3.8, 4) is 0 Å². The zero-order valence-corrected chi connectivity index (χ0v) is 10.5. The predicted octanol–water partition coefficient (Wildman–Crippen LogP) is 1.66. The number of anilines is 1. The third-order valence-electron chi connectivity index (χ3n) is 2.16. The monoisotopic (exact) mass is 254 g/mol. The van der Waals surface area contributed by atoms with Gasteiger partial charge in [0, 0.05) is 24.2 Å². The summed E-state index contributed by atoms with van der Waals surface area (Å²) in [5, 5.41) is 9.28. The number of carboxylic acids is 1. The summed E-state index contributed by atoms with van der Waals surface area (Å²) in [4.78, 5) is 28.2. The molecule has 92 valence electrons. The lowest BCUT2D eigenvalue weighted by atomic mass is 10.3. The molecular formula is C11H14N2O3S. The Hall–Kier alpha value is -1.69. The smallest absolute Gasteiger partial charge is 0.376 e. The standard InChI is InChI=1S/C11H14N2O3S/c1-3-13(4-2)11-12-7-8(17-11)5-6-9(14)10(15)16/h5-7H,3-4H2,1-2H3,(H,15,16)/b6-5+. The Bertz CT molecular complexity index is 436. The summed E-state index contributed by atoms with van der Waals surface area (Å²) >= 11 is 1.43. The van der Waals surface area contributed by atoms with E-state index in [1.54, 1.807) is 6.20 Å². The molecule has 17 heavy (non-hydrogen) atoms. The molecule has 1 heterocycles. The van der Waals surface area contributed by atoms with Gasteiger partial charge in [-0.25, -0.2) is 9.78 Å². The summed E-state index contributed by atoms with van der Waals surface area (Å²) in [5.74, 6) is -2.38. The molecule has 0 saturated carbocycles. The molecule has 0 aromatic carbocycles. The fraction of sp³-hybridized carbons (Fsp3) is 0.364. The van der Waals surface area contributed by atoms with Crippen molar-refractivity contribution in [3.63, 3.8) is 0 Å². The van der Waals surface area contributed by atoms with Gasteiger partial charge in [0.25, 0.3) is 5.78 Å². The number of rotatable bonds is 6. The molecule has 1 N–H and O–H groups in total. The lowest BCUT2D eigenvalue weighted by Gasteiger charge is -2.16. The van der Waals surface area contributed by atoms with E-state index in [2.05, 4.69) is 9.88 Å². The van der Waals surface area contributed by atoms with Crippen LogP contribution in [-0.2, 0) is 9.59 Å². The number of ketones is 1. The highest BCUT2D eigenvalue weighted by Gasteiger charge is 2.08. The Labute approximate surface area is 103 Å². The second-order valence-corrected chi connectivity index (χ2v) is 4.26. The van der Waals surface area contributed by atoms with Crippen LogP contribution in [0.3, 0.4) is 0 Å². The number of hydrogen-bond donors (Lipinski definition) is 1. The maximum atomic E-state index is 10.9. The van der Waals surface area contributed by atoms with Gasteiger partial charge >= 0.3 is 5.97 Å². The molecule has 0 amide bonds. The number of carbonyl (C=O) groups excluding carboxylic acids is 1. The summed E-state index contributed by atoms with van der Waals surface area (Å²) in [7, 11) is 0. The average Bonchev–Trinajstić information content (AvgIpc) is 2.76. The molecule has 5 nitrogen and oxygen atoms in total. The van der Waals surface area contributed by atoms with Gasteiger partial charge < -0.3 is 10.0 Å². The summed E-state index contributed by atoms with van der Waals surface area (Å²) in [6, 6.07) is 0. The molecule has 1 aromatic heterocycles. The molecule has 0 aliphatic carbocycles. The maximum absolute atomic E-state index is 10.9. The Morgan fingerprint density at radius 2 is 2.12 bits per heavy atom. The van der Waals surface area contributed by atoms with Crippen molar-refractivity contribution in [1.82, 2.24) is 4.98 Å². The average molecular weight is 254 g/mol. The molecule has 1 rings (SSSR count). The highest BCUT2D eigenvalue weighted by molar-refractivity contribution is 7.16. The molecule has 0 atom stereocenters. The van der Waals surface area contributed by atoms with Gasteiger partial charge in [0.05, 0.1) is 0 Å². The van der Waals surface area contributed by atoms with Crippen LogP contribution in [0, 0.1) is 0 Å². The minimum Gasteiger partial charge on any atom is -0.475 e. The van der Waals surface area contributed by atoms with Crippen molar-refractivity contribution in [1.29, 1.82) is 0 Å². The maximum Gasteiger partial charge on any atom is 0.376 e. The van der Waals surface area contributed by atoms with E-state index >= 15 is 0 Å². The zero-order chi connectivity index (χ0) is 12.8. The second-order valence-electron chi connectivity index (χ2n) is 3.22. The number of nitrogens with zero attached hydrogens (tertiary/aromatic N) is 2. The van der Waals surface area contributed by atoms with Gasteiger partial charge in [-0.1, -0.05) is 11.3 Å². The topological polar surface area (TPSA) is 70.5 Å².